The number of hydrogen-bond acceptors (Lipinski definition) is 4. The predicted octanol–water partition coefficient (Wildman–Crippen LogP) is 4.30. The normalized spacial score (nSPS) is 12.6. The van der Waals surface area contributed by atoms with Gasteiger partial charge in [0, 0.05) is 11.3 Å². The van der Waals surface area contributed by atoms with E-state index in [1.54, 1.807) is 0 Å². The smallest absolute Gasteiger partial charge is 0.416 e. The first-order chi connectivity index (χ1) is 11.9. The van der Waals surface area contributed by atoms with Gasteiger partial charge in [0.05, 0.1) is 18.9 Å². The fourth-order valence-corrected chi connectivity index (χ4v) is 2.53. The van der Waals surface area contributed by atoms with E-state index >= 15 is 0 Å². The molecule has 0 aliphatic heterocycles. The highest BCUT2D eigenvalue weighted by atomic mass is 32.2. The molecule has 132 valence electrons. The molecule has 0 aromatic heterocycles. The van der Waals surface area contributed by atoms with Crippen LogP contribution in [-0.4, -0.2) is 18.5 Å². The van der Waals surface area contributed by atoms with Crippen molar-refractivity contribution in [3.8, 4) is 5.75 Å². The van der Waals surface area contributed by atoms with Crippen LogP contribution >= 0.6 is 11.8 Å². The molecule has 0 atom stereocenters. The van der Waals surface area contributed by atoms with Crippen molar-refractivity contribution in [2.24, 2.45) is 15.9 Å². The van der Waals surface area contributed by atoms with Crippen molar-refractivity contribution >= 4 is 23.1 Å². The second-order valence-corrected chi connectivity index (χ2v) is 5.91. The number of amidine groups is 1. The molecule has 8 heteroatoms. The van der Waals surface area contributed by atoms with E-state index in [0.29, 0.717) is 5.75 Å². The van der Waals surface area contributed by atoms with Crippen LogP contribution in [0.25, 0.3) is 0 Å². The van der Waals surface area contributed by atoms with Crippen LogP contribution < -0.4 is 10.5 Å². The Morgan fingerprint density at radius 2 is 1.92 bits per heavy atom. The lowest BCUT2D eigenvalue weighted by Crippen LogP contribution is -2.07. The largest absolute Gasteiger partial charge is 0.496 e. The molecule has 2 rings (SSSR count). The fraction of sp³-hybridized carbons (Fsp3) is 0.176. The monoisotopic (exact) mass is 367 g/mol. The number of rotatable bonds is 5. The van der Waals surface area contributed by atoms with Crippen molar-refractivity contribution in [1.29, 1.82) is 0 Å². The van der Waals surface area contributed by atoms with Crippen LogP contribution in [0.5, 0.6) is 5.75 Å². The molecule has 0 radical (unpaired) electrons. The molecule has 2 aromatic carbocycles. The van der Waals surface area contributed by atoms with Gasteiger partial charge in [-0.25, -0.2) is 0 Å². The summed E-state index contributed by atoms with van der Waals surface area (Å²) in [7, 11) is 1.37. The third-order valence-electron chi connectivity index (χ3n) is 3.14. The first-order valence-electron chi connectivity index (χ1n) is 7.18. The van der Waals surface area contributed by atoms with Crippen molar-refractivity contribution < 1.29 is 17.9 Å². The van der Waals surface area contributed by atoms with E-state index in [9.17, 15) is 13.2 Å². The highest BCUT2D eigenvalue weighted by Crippen LogP contribution is 2.32. The fourth-order valence-electron chi connectivity index (χ4n) is 1.92. The van der Waals surface area contributed by atoms with Gasteiger partial charge >= 0.3 is 6.18 Å². The molecular formula is C17H16F3N3OS. The number of nitrogens with two attached hydrogens (primary N) is 1. The molecule has 0 fully saturated rings. The van der Waals surface area contributed by atoms with Gasteiger partial charge in [0.1, 0.15) is 5.75 Å². The number of alkyl halides is 3. The molecule has 0 unspecified atom stereocenters. The summed E-state index contributed by atoms with van der Waals surface area (Å²) >= 11 is 1.28. The summed E-state index contributed by atoms with van der Waals surface area (Å²) < 4.78 is 43.4. The van der Waals surface area contributed by atoms with Gasteiger partial charge in [-0.05, 0) is 23.8 Å². The molecule has 2 aromatic rings. The maximum atomic E-state index is 12.8. The Morgan fingerprint density at radius 3 is 2.56 bits per heavy atom. The molecule has 0 aliphatic carbocycles. The summed E-state index contributed by atoms with van der Waals surface area (Å²) in [6, 6.07) is 12.8. The SMILES string of the molecule is COc1ccc(C(F)(F)F)cc1C=NN=C(N)SCc1ccccc1. The topological polar surface area (TPSA) is 60.0 Å². The Labute approximate surface area is 147 Å². The highest BCUT2D eigenvalue weighted by molar-refractivity contribution is 8.13. The maximum Gasteiger partial charge on any atom is 0.416 e. The minimum atomic E-state index is -4.44. The average molecular weight is 367 g/mol. The Kier molecular flexibility index (Phi) is 6.46. The molecule has 0 aliphatic rings. The van der Waals surface area contributed by atoms with Gasteiger partial charge in [0.15, 0.2) is 5.17 Å². The summed E-state index contributed by atoms with van der Waals surface area (Å²) in [4.78, 5) is 0. The van der Waals surface area contributed by atoms with Gasteiger partial charge in [0.2, 0.25) is 0 Å². The molecule has 0 amide bonds. The van der Waals surface area contributed by atoms with E-state index in [4.69, 9.17) is 10.5 Å². The van der Waals surface area contributed by atoms with E-state index in [2.05, 4.69) is 10.2 Å². The van der Waals surface area contributed by atoms with Crippen LogP contribution in [0.4, 0.5) is 13.2 Å². The van der Waals surface area contributed by atoms with Crippen molar-refractivity contribution in [2.45, 2.75) is 11.9 Å². The average Bonchev–Trinajstić information content (AvgIpc) is 2.60. The number of nitrogens with zero attached hydrogens (tertiary/aromatic N) is 2. The first-order valence-corrected chi connectivity index (χ1v) is 8.17. The second kappa shape index (κ2) is 8.57. The number of thioether (sulfide) groups is 1. The van der Waals surface area contributed by atoms with Crippen LogP contribution in [0.15, 0.2) is 58.7 Å². The van der Waals surface area contributed by atoms with Gasteiger partial charge in [-0.2, -0.15) is 18.3 Å². The molecule has 25 heavy (non-hydrogen) atoms. The lowest BCUT2D eigenvalue weighted by atomic mass is 10.1. The second-order valence-electron chi connectivity index (χ2n) is 4.91. The van der Waals surface area contributed by atoms with E-state index in [0.717, 1.165) is 17.7 Å². The number of benzene rings is 2. The van der Waals surface area contributed by atoms with Crippen LogP contribution in [0.2, 0.25) is 0 Å². The van der Waals surface area contributed by atoms with E-state index in [-0.39, 0.29) is 16.5 Å². The summed E-state index contributed by atoms with van der Waals surface area (Å²) in [5.41, 5.74) is 6.20. The zero-order valence-corrected chi connectivity index (χ0v) is 14.1. The zero-order valence-electron chi connectivity index (χ0n) is 13.3. The Morgan fingerprint density at radius 1 is 1.20 bits per heavy atom. The summed E-state index contributed by atoms with van der Waals surface area (Å²) in [6.45, 7) is 0. The standard InChI is InChI=1S/C17H16F3N3OS/c1-24-15-8-7-14(17(18,19)20)9-13(15)10-22-23-16(21)25-11-12-5-3-2-4-6-12/h2-10H,11H2,1H3,(H2,21,23). The lowest BCUT2D eigenvalue weighted by Gasteiger charge is -2.09. The molecule has 4 nitrogen and oxygen atoms in total. The quantitative estimate of drug-likeness (QED) is 0.487. The third-order valence-corrected chi connectivity index (χ3v) is 3.99. The van der Waals surface area contributed by atoms with Gasteiger partial charge in [0.25, 0.3) is 0 Å². The zero-order chi connectivity index (χ0) is 18.3. The highest BCUT2D eigenvalue weighted by Gasteiger charge is 2.30. The van der Waals surface area contributed by atoms with E-state index < -0.39 is 11.7 Å². The predicted molar refractivity (Wildman–Crippen MR) is 94.9 cm³/mol. The molecule has 0 spiro atoms. The van der Waals surface area contributed by atoms with Crippen molar-refractivity contribution in [3.05, 3.63) is 65.2 Å². The molecule has 0 saturated carbocycles. The minimum absolute atomic E-state index is 0.168. The van der Waals surface area contributed by atoms with Crippen LogP contribution in [0, 0.1) is 0 Å². The summed E-state index contributed by atoms with van der Waals surface area (Å²) in [5, 5.41) is 7.76. The Balaban J connectivity index is 2.07. The van der Waals surface area contributed by atoms with Crippen molar-refractivity contribution in [2.75, 3.05) is 7.11 Å². The lowest BCUT2D eigenvalue weighted by molar-refractivity contribution is -0.137. The summed E-state index contributed by atoms with van der Waals surface area (Å²) in [5.74, 6) is 0.890. The number of methoxy groups -OCH3 is 1. The van der Waals surface area contributed by atoms with Gasteiger partial charge in [-0.1, -0.05) is 42.1 Å². The van der Waals surface area contributed by atoms with Crippen LogP contribution in [-0.2, 0) is 11.9 Å². The molecule has 0 heterocycles. The van der Waals surface area contributed by atoms with Gasteiger partial charge in [-0.3, -0.25) is 0 Å². The molecular weight excluding hydrogens is 351 g/mol. The molecule has 2 N–H and O–H groups in total. The molecule has 0 bridgehead atoms. The maximum absolute atomic E-state index is 12.8. The van der Waals surface area contributed by atoms with Crippen LogP contribution in [0.3, 0.4) is 0 Å². The Bertz CT molecular complexity index is 761. The Hall–Kier alpha value is -2.48. The molecule has 0 saturated heterocycles. The van der Waals surface area contributed by atoms with E-state index in [1.165, 1.54) is 31.2 Å². The minimum Gasteiger partial charge on any atom is -0.496 e. The number of ether oxygens (including phenoxy) is 1. The van der Waals surface area contributed by atoms with Crippen molar-refractivity contribution in [1.82, 2.24) is 0 Å². The van der Waals surface area contributed by atoms with Crippen molar-refractivity contribution in [3.63, 3.8) is 0 Å². The number of halogens is 3. The first kappa shape index (κ1) is 18.9. The van der Waals surface area contributed by atoms with Crippen LogP contribution in [0.1, 0.15) is 16.7 Å². The number of hydrogen-bond donors (Lipinski definition) is 1. The third kappa shape index (κ3) is 5.82. The van der Waals surface area contributed by atoms with Gasteiger partial charge in [-0.15, -0.1) is 5.10 Å². The van der Waals surface area contributed by atoms with E-state index in [1.807, 2.05) is 30.3 Å². The summed E-state index contributed by atoms with van der Waals surface area (Å²) in [6.07, 6.45) is -3.26. The van der Waals surface area contributed by atoms with Gasteiger partial charge < -0.3 is 10.5 Å².